The Morgan fingerprint density at radius 3 is 2.65 bits per heavy atom. The summed E-state index contributed by atoms with van der Waals surface area (Å²) in [5.41, 5.74) is 1.83. The highest BCUT2D eigenvalue weighted by Crippen LogP contribution is 2.13. The highest BCUT2D eigenvalue weighted by atomic mass is 16.5. The monoisotopic (exact) mass is 273 g/mol. The number of para-hydroxylation sites is 1. The van der Waals surface area contributed by atoms with Crippen LogP contribution in [-0.2, 0) is 4.74 Å². The Hall–Kier alpha value is -2.63. The predicted octanol–water partition coefficient (Wildman–Crippen LogP) is 2.07. The van der Waals surface area contributed by atoms with Crippen LogP contribution < -0.4 is 5.32 Å². The number of benzene rings is 1. The molecule has 0 atom stereocenters. The molecule has 2 aromatic rings. The molecule has 0 aliphatic carbocycles. The standard InChI is InChI=1S/C14H15N3O3/c1-3-20-14(19)16-13(18)12-9-15-17(10(12)2)11-7-5-4-6-8-11/h4-9H,3H2,1-2H3,(H,16,18,19). The van der Waals surface area contributed by atoms with Crippen LogP contribution in [0.3, 0.4) is 0 Å². The number of nitrogens with zero attached hydrogens (tertiary/aromatic N) is 2. The maximum atomic E-state index is 11.9. The lowest BCUT2D eigenvalue weighted by Crippen LogP contribution is -2.31. The molecule has 2 rings (SSSR count). The molecule has 0 saturated heterocycles. The molecule has 1 aromatic heterocycles. The number of ether oxygens (including phenoxy) is 1. The van der Waals surface area contributed by atoms with Crippen LogP contribution in [0.5, 0.6) is 0 Å². The molecule has 1 N–H and O–H groups in total. The second-order valence-electron chi connectivity index (χ2n) is 4.07. The minimum Gasteiger partial charge on any atom is -0.450 e. The number of carbonyl (C=O) groups is 2. The van der Waals surface area contributed by atoms with E-state index >= 15 is 0 Å². The van der Waals surface area contributed by atoms with Crippen molar-refractivity contribution in [1.82, 2.24) is 15.1 Å². The minimum atomic E-state index is -0.760. The molecule has 0 fully saturated rings. The molecule has 2 amide bonds. The molecule has 6 heteroatoms. The molecule has 1 aromatic carbocycles. The summed E-state index contributed by atoms with van der Waals surface area (Å²) in [5.74, 6) is -0.525. The first-order valence-corrected chi connectivity index (χ1v) is 6.21. The summed E-state index contributed by atoms with van der Waals surface area (Å²) in [5, 5.41) is 6.31. The van der Waals surface area contributed by atoms with Gasteiger partial charge in [-0.2, -0.15) is 5.10 Å². The number of aromatic nitrogens is 2. The molecule has 0 spiro atoms. The number of nitrogens with one attached hydrogen (secondary N) is 1. The van der Waals surface area contributed by atoms with Crippen molar-refractivity contribution < 1.29 is 14.3 Å². The summed E-state index contributed by atoms with van der Waals surface area (Å²) in [4.78, 5) is 23.2. The number of rotatable bonds is 3. The third-order valence-electron chi connectivity index (χ3n) is 2.75. The maximum absolute atomic E-state index is 11.9. The molecule has 6 nitrogen and oxygen atoms in total. The van der Waals surface area contributed by atoms with Gasteiger partial charge in [0.15, 0.2) is 0 Å². The highest BCUT2D eigenvalue weighted by molar-refractivity contribution is 6.03. The van der Waals surface area contributed by atoms with Gasteiger partial charge in [-0.05, 0) is 26.0 Å². The first-order valence-electron chi connectivity index (χ1n) is 6.21. The first kappa shape index (κ1) is 13.8. The lowest BCUT2D eigenvalue weighted by molar-refractivity contribution is 0.0924. The molecule has 20 heavy (non-hydrogen) atoms. The zero-order chi connectivity index (χ0) is 14.5. The third-order valence-corrected chi connectivity index (χ3v) is 2.75. The van der Waals surface area contributed by atoms with Crippen molar-refractivity contribution in [2.75, 3.05) is 6.61 Å². The van der Waals surface area contributed by atoms with E-state index in [2.05, 4.69) is 15.2 Å². The summed E-state index contributed by atoms with van der Waals surface area (Å²) in [6.07, 6.45) is 0.668. The average molecular weight is 273 g/mol. The van der Waals surface area contributed by atoms with Crippen LogP contribution >= 0.6 is 0 Å². The highest BCUT2D eigenvalue weighted by Gasteiger charge is 2.17. The topological polar surface area (TPSA) is 73.2 Å². The van der Waals surface area contributed by atoms with Crippen molar-refractivity contribution in [3.63, 3.8) is 0 Å². The third kappa shape index (κ3) is 2.85. The van der Waals surface area contributed by atoms with E-state index in [1.54, 1.807) is 18.5 Å². The minimum absolute atomic E-state index is 0.210. The van der Waals surface area contributed by atoms with E-state index < -0.39 is 12.0 Å². The summed E-state index contributed by atoms with van der Waals surface area (Å²) in [6.45, 7) is 3.64. The van der Waals surface area contributed by atoms with Crippen molar-refractivity contribution in [1.29, 1.82) is 0 Å². The maximum Gasteiger partial charge on any atom is 0.414 e. The van der Waals surface area contributed by atoms with Gasteiger partial charge in [-0.15, -0.1) is 0 Å². The number of imide groups is 1. The largest absolute Gasteiger partial charge is 0.450 e. The SMILES string of the molecule is CCOC(=O)NC(=O)c1cnn(-c2ccccc2)c1C. The van der Waals surface area contributed by atoms with E-state index in [1.807, 2.05) is 30.3 Å². The second kappa shape index (κ2) is 6.01. The van der Waals surface area contributed by atoms with Gasteiger partial charge in [0.2, 0.25) is 0 Å². The van der Waals surface area contributed by atoms with Crippen molar-refractivity contribution in [2.45, 2.75) is 13.8 Å². The zero-order valence-corrected chi connectivity index (χ0v) is 11.3. The van der Waals surface area contributed by atoms with Gasteiger partial charge in [-0.25, -0.2) is 9.48 Å². The van der Waals surface area contributed by atoms with Gasteiger partial charge in [0.05, 0.1) is 29.7 Å². The van der Waals surface area contributed by atoms with E-state index in [9.17, 15) is 9.59 Å². The quantitative estimate of drug-likeness (QED) is 0.929. The fourth-order valence-corrected chi connectivity index (χ4v) is 1.79. The molecule has 0 saturated carbocycles. The van der Waals surface area contributed by atoms with Crippen LogP contribution in [0.4, 0.5) is 4.79 Å². The van der Waals surface area contributed by atoms with E-state index in [-0.39, 0.29) is 6.61 Å². The van der Waals surface area contributed by atoms with Gasteiger partial charge in [0.1, 0.15) is 0 Å². The van der Waals surface area contributed by atoms with Crippen LogP contribution in [0.2, 0.25) is 0 Å². The van der Waals surface area contributed by atoms with Crippen molar-refractivity contribution >= 4 is 12.0 Å². The molecular formula is C14H15N3O3. The molecule has 0 bridgehead atoms. The Morgan fingerprint density at radius 1 is 1.30 bits per heavy atom. The first-order chi connectivity index (χ1) is 9.63. The Labute approximate surface area is 116 Å². The Morgan fingerprint density at radius 2 is 2.00 bits per heavy atom. The molecule has 104 valence electrons. The van der Waals surface area contributed by atoms with Gasteiger partial charge >= 0.3 is 6.09 Å². The number of carbonyl (C=O) groups excluding carboxylic acids is 2. The molecule has 0 radical (unpaired) electrons. The van der Waals surface area contributed by atoms with E-state index in [1.165, 1.54) is 6.20 Å². The van der Waals surface area contributed by atoms with Gasteiger partial charge < -0.3 is 4.74 Å². The lowest BCUT2D eigenvalue weighted by atomic mass is 10.2. The number of hydrogen-bond acceptors (Lipinski definition) is 4. The fourth-order valence-electron chi connectivity index (χ4n) is 1.79. The molecule has 1 heterocycles. The Bertz CT molecular complexity index is 620. The Balaban J connectivity index is 2.21. The Kier molecular flexibility index (Phi) is 4.14. The van der Waals surface area contributed by atoms with Gasteiger partial charge in [-0.1, -0.05) is 18.2 Å². The molecule has 0 unspecified atom stereocenters. The van der Waals surface area contributed by atoms with Crippen LogP contribution in [0, 0.1) is 6.92 Å². The van der Waals surface area contributed by atoms with Gasteiger partial charge in [0, 0.05) is 0 Å². The normalized spacial score (nSPS) is 10.1. The number of hydrogen-bond donors (Lipinski definition) is 1. The summed E-state index contributed by atoms with van der Waals surface area (Å²) in [6, 6.07) is 9.43. The van der Waals surface area contributed by atoms with Crippen molar-refractivity contribution in [3.8, 4) is 5.69 Å². The zero-order valence-electron chi connectivity index (χ0n) is 11.3. The van der Waals surface area contributed by atoms with Crippen LogP contribution in [0.15, 0.2) is 36.5 Å². The van der Waals surface area contributed by atoms with E-state index in [4.69, 9.17) is 0 Å². The van der Waals surface area contributed by atoms with Gasteiger partial charge in [-0.3, -0.25) is 10.1 Å². The van der Waals surface area contributed by atoms with Gasteiger partial charge in [0.25, 0.3) is 5.91 Å². The summed E-state index contributed by atoms with van der Waals surface area (Å²) in [7, 11) is 0. The smallest absolute Gasteiger partial charge is 0.414 e. The van der Waals surface area contributed by atoms with Crippen LogP contribution in [-0.4, -0.2) is 28.4 Å². The van der Waals surface area contributed by atoms with Crippen LogP contribution in [0.25, 0.3) is 5.69 Å². The van der Waals surface area contributed by atoms with Crippen molar-refractivity contribution in [2.24, 2.45) is 0 Å². The lowest BCUT2D eigenvalue weighted by Gasteiger charge is -2.05. The number of alkyl carbamates (subject to hydrolysis) is 1. The molecular weight excluding hydrogens is 258 g/mol. The van der Waals surface area contributed by atoms with Crippen molar-refractivity contribution in [3.05, 3.63) is 47.8 Å². The summed E-state index contributed by atoms with van der Waals surface area (Å²) < 4.78 is 6.31. The van der Waals surface area contributed by atoms with E-state index in [0.29, 0.717) is 11.3 Å². The molecule has 0 aliphatic heterocycles. The number of amides is 2. The van der Waals surface area contributed by atoms with Crippen LogP contribution in [0.1, 0.15) is 23.0 Å². The summed E-state index contributed by atoms with van der Waals surface area (Å²) >= 11 is 0. The fraction of sp³-hybridized carbons (Fsp3) is 0.214. The predicted molar refractivity (Wildman–Crippen MR) is 72.8 cm³/mol. The second-order valence-corrected chi connectivity index (χ2v) is 4.07. The van der Waals surface area contributed by atoms with E-state index in [0.717, 1.165) is 5.69 Å². The average Bonchev–Trinajstić information content (AvgIpc) is 2.82. The molecule has 0 aliphatic rings.